The minimum atomic E-state index is -4.74. The molecular formula is C13H21F3N2O3. The zero-order valence-corrected chi connectivity index (χ0v) is 11.8. The minimum absolute atomic E-state index is 0.162. The molecule has 1 unspecified atom stereocenters. The highest BCUT2D eigenvalue weighted by Crippen LogP contribution is 2.37. The number of aliphatic hydroxyl groups excluding tert-OH is 1. The van der Waals surface area contributed by atoms with Crippen molar-refractivity contribution in [1.82, 2.24) is 10.2 Å². The maximum Gasteiger partial charge on any atom is 0.427 e. The lowest BCUT2D eigenvalue weighted by Crippen LogP contribution is -2.50. The van der Waals surface area contributed by atoms with Crippen LogP contribution < -0.4 is 5.32 Å². The van der Waals surface area contributed by atoms with E-state index >= 15 is 0 Å². The Morgan fingerprint density at radius 3 is 2.48 bits per heavy atom. The number of carbonyl (C=O) groups is 1. The highest BCUT2D eigenvalue weighted by Gasteiger charge is 2.44. The van der Waals surface area contributed by atoms with Gasteiger partial charge in [0.1, 0.15) is 0 Å². The van der Waals surface area contributed by atoms with Crippen LogP contribution in [0.4, 0.5) is 18.0 Å². The molecule has 2 rings (SSSR count). The molecule has 2 aliphatic heterocycles. The fourth-order valence-electron chi connectivity index (χ4n) is 3.02. The van der Waals surface area contributed by atoms with Crippen molar-refractivity contribution >= 4 is 6.09 Å². The molecule has 8 heteroatoms. The number of carbonyl (C=O) groups excluding carboxylic acids is 1. The molecule has 0 aliphatic carbocycles. The average Bonchev–Trinajstić information content (AvgIpc) is 2.45. The van der Waals surface area contributed by atoms with E-state index in [9.17, 15) is 18.0 Å². The van der Waals surface area contributed by atoms with Crippen LogP contribution in [0.1, 0.15) is 25.7 Å². The molecule has 1 spiro atoms. The predicted molar refractivity (Wildman–Crippen MR) is 68.8 cm³/mol. The lowest BCUT2D eigenvalue weighted by Gasteiger charge is -2.44. The summed E-state index contributed by atoms with van der Waals surface area (Å²) >= 11 is 0. The number of amides is 1. The summed E-state index contributed by atoms with van der Waals surface area (Å²) in [6.45, 7) is 1.44. The largest absolute Gasteiger partial charge is 0.434 e. The van der Waals surface area contributed by atoms with Crippen molar-refractivity contribution in [2.75, 3.05) is 32.8 Å². The van der Waals surface area contributed by atoms with Crippen molar-refractivity contribution in [2.24, 2.45) is 5.41 Å². The molecule has 5 nitrogen and oxygen atoms in total. The van der Waals surface area contributed by atoms with E-state index in [1.807, 2.05) is 0 Å². The summed E-state index contributed by atoms with van der Waals surface area (Å²) in [5, 5.41) is 12.0. The molecule has 2 aliphatic rings. The molecule has 2 fully saturated rings. The van der Waals surface area contributed by atoms with E-state index in [1.54, 1.807) is 0 Å². The van der Waals surface area contributed by atoms with Crippen LogP contribution in [-0.2, 0) is 4.74 Å². The second kappa shape index (κ2) is 6.39. The van der Waals surface area contributed by atoms with Gasteiger partial charge in [-0.2, -0.15) is 13.2 Å². The van der Waals surface area contributed by atoms with E-state index in [4.69, 9.17) is 5.11 Å². The number of alkyl halides is 3. The first-order valence-electron chi connectivity index (χ1n) is 7.20. The quantitative estimate of drug-likeness (QED) is 0.812. The van der Waals surface area contributed by atoms with E-state index in [2.05, 4.69) is 10.1 Å². The number of rotatable bonds is 2. The third kappa shape index (κ3) is 4.00. The number of nitrogens with zero attached hydrogens (tertiary/aromatic N) is 1. The Balaban J connectivity index is 1.85. The summed E-state index contributed by atoms with van der Waals surface area (Å²) in [7, 11) is 0. The third-order valence-corrected chi connectivity index (χ3v) is 4.42. The second-order valence-corrected chi connectivity index (χ2v) is 5.86. The Bertz CT molecular complexity index is 360. The molecule has 2 N–H and O–H groups in total. The number of likely N-dealkylation sites (tertiary alicyclic amines) is 1. The van der Waals surface area contributed by atoms with Gasteiger partial charge in [0.25, 0.3) is 0 Å². The smallest absolute Gasteiger partial charge is 0.427 e. The first kappa shape index (κ1) is 16.4. The Morgan fingerprint density at radius 1 is 1.33 bits per heavy atom. The Kier molecular flexibility index (Phi) is 4.98. The number of piperidine rings is 2. The summed E-state index contributed by atoms with van der Waals surface area (Å²) in [6, 6.07) is 0. The monoisotopic (exact) mass is 310 g/mol. The van der Waals surface area contributed by atoms with E-state index < -0.39 is 25.0 Å². The standard InChI is InChI=1S/C13H21F3N2O3/c14-13(15,16)10(8-19)21-11(20)18-6-3-12(4-7-18)2-1-5-17-9-12/h10,17,19H,1-9H2. The fourth-order valence-corrected chi connectivity index (χ4v) is 3.02. The van der Waals surface area contributed by atoms with Gasteiger partial charge in [0, 0.05) is 19.6 Å². The highest BCUT2D eigenvalue weighted by atomic mass is 19.4. The summed E-state index contributed by atoms with van der Waals surface area (Å²) in [4.78, 5) is 13.1. The zero-order valence-electron chi connectivity index (χ0n) is 11.8. The maximum atomic E-state index is 12.5. The number of halogens is 3. The molecule has 0 aromatic rings. The number of hydrogen-bond donors (Lipinski definition) is 2. The zero-order chi connectivity index (χ0) is 15.5. The van der Waals surface area contributed by atoms with Crippen LogP contribution >= 0.6 is 0 Å². The van der Waals surface area contributed by atoms with Gasteiger partial charge in [-0.25, -0.2) is 4.79 Å². The van der Waals surface area contributed by atoms with Crippen LogP contribution in [0.25, 0.3) is 0 Å². The number of aliphatic hydroxyl groups is 1. The van der Waals surface area contributed by atoms with Gasteiger partial charge >= 0.3 is 12.3 Å². The van der Waals surface area contributed by atoms with Crippen molar-refractivity contribution in [2.45, 2.75) is 38.0 Å². The molecule has 1 atom stereocenters. The summed E-state index contributed by atoms with van der Waals surface area (Å²) in [5.74, 6) is 0. The van der Waals surface area contributed by atoms with Crippen LogP contribution in [0.2, 0.25) is 0 Å². The van der Waals surface area contributed by atoms with E-state index in [0.717, 1.165) is 38.8 Å². The van der Waals surface area contributed by atoms with Crippen molar-refractivity contribution in [1.29, 1.82) is 0 Å². The van der Waals surface area contributed by atoms with Gasteiger partial charge < -0.3 is 20.1 Å². The Labute approximate surface area is 121 Å². The maximum absolute atomic E-state index is 12.5. The molecule has 0 aromatic heterocycles. The van der Waals surface area contributed by atoms with Crippen LogP contribution in [0.15, 0.2) is 0 Å². The lowest BCUT2D eigenvalue weighted by atomic mass is 9.73. The molecule has 21 heavy (non-hydrogen) atoms. The molecule has 0 radical (unpaired) electrons. The van der Waals surface area contributed by atoms with Crippen molar-refractivity contribution in [3.8, 4) is 0 Å². The van der Waals surface area contributed by atoms with Gasteiger partial charge in [0.2, 0.25) is 6.10 Å². The number of hydrogen-bond acceptors (Lipinski definition) is 4. The topological polar surface area (TPSA) is 61.8 Å². The van der Waals surface area contributed by atoms with Gasteiger partial charge in [-0.15, -0.1) is 0 Å². The molecule has 0 saturated carbocycles. The van der Waals surface area contributed by atoms with Crippen LogP contribution in [0.5, 0.6) is 0 Å². The molecule has 0 bridgehead atoms. The van der Waals surface area contributed by atoms with Crippen LogP contribution in [0.3, 0.4) is 0 Å². The number of ether oxygens (including phenoxy) is 1. The highest BCUT2D eigenvalue weighted by molar-refractivity contribution is 5.68. The second-order valence-electron chi connectivity index (χ2n) is 5.86. The first-order chi connectivity index (χ1) is 9.86. The van der Waals surface area contributed by atoms with Gasteiger partial charge in [-0.3, -0.25) is 0 Å². The average molecular weight is 310 g/mol. The molecule has 1 amide bonds. The minimum Gasteiger partial charge on any atom is -0.434 e. The summed E-state index contributed by atoms with van der Waals surface area (Å²) in [6.07, 6.45) is -4.47. The van der Waals surface area contributed by atoms with Gasteiger partial charge in [0.15, 0.2) is 0 Å². The van der Waals surface area contributed by atoms with Crippen molar-refractivity contribution in [3.63, 3.8) is 0 Å². The molecule has 2 saturated heterocycles. The Morgan fingerprint density at radius 2 is 2.00 bits per heavy atom. The summed E-state index contributed by atoms with van der Waals surface area (Å²) in [5.41, 5.74) is 0.162. The van der Waals surface area contributed by atoms with Gasteiger partial charge in [-0.05, 0) is 37.6 Å². The Hall–Kier alpha value is -1.02. The molecule has 2 heterocycles. The molecular weight excluding hydrogens is 289 g/mol. The molecule has 122 valence electrons. The lowest BCUT2D eigenvalue weighted by molar-refractivity contribution is -0.215. The first-order valence-corrected chi connectivity index (χ1v) is 7.20. The van der Waals surface area contributed by atoms with Crippen molar-refractivity contribution in [3.05, 3.63) is 0 Å². The van der Waals surface area contributed by atoms with E-state index in [-0.39, 0.29) is 5.41 Å². The van der Waals surface area contributed by atoms with Crippen LogP contribution in [0, 0.1) is 5.41 Å². The van der Waals surface area contributed by atoms with Gasteiger partial charge in [0.05, 0.1) is 6.61 Å². The van der Waals surface area contributed by atoms with E-state index in [1.165, 1.54) is 4.90 Å². The van der Waals surface area contributed by atoms with Crippen LogP contribution in [-0.4, -0.2) is 61.2 Å². The molecule has 0 aromatic carbocycles. The summed E-state index contributed by atoms with van der Waals surface area (Å²) < 4.78 is 41.8. The third-order valence-electron chi connectivity index (χ3n) is 4.42. The SMILES string of the molecule is O=C(OC(CO)C(F)(F)F)N1CCC2(CCCNC2)CC1. The normalized spacial score (nSPS) is 23.9. The number of nitrogens with one attached hydrogen (secondary N) is 1. The van der Waals surface area contributed by atoms with Gasteiger partial charge in [-0.1, -0.05) is 0 Å². The predicted octanol–water partition coefficient (Wildman–Crippen LogP) is 1.51. The van der Waals surface area contributed by atoms with Crippen molar-refractivity contribution < 1.29 is 27.8 Å². The van der Waals surface area contributed by atoms with E-state index in [0.29, 0.717) is 13.1 Å². The fraction of sp³-hybridized carbons (Fsp3) is 0.923.